The lowest BCUT2D eigenvalue weighted by Crippen LogP contribution is -2.36. The molecular formula is C22H23N5O3. The first kappa shape index (κ1) is 19.8. The molecule has 1 aromatic carbocycles. The van der Waals surface area contributed by atoms with E-state index in [9.17, 15) is 9.59 Å². The van der Waals surface area contributed by atoms with E-state index < -0.39 is 0 Å². The van der Waals surface area contributed by atoms with Gasteiger partial charge in [-0.05, 0) is 24.5 Å². The zero-order chi connectivity index (χ0) is 20.9. The summed E-state index contributed by atoms with van der Waals surface area (Å²) in [5.74, 6) is -0.185. The summed E-state index contributed by atoms with van der Waals surface area (Å²) in [6.07, 6.45) is 6.26. The average Bonchev–Trinajstić information content (AvgIpc) is 3.34. The molecule has 1 aliphatic carbocycles. The quantitative estimate of drug-likeness (QED) is 0.608. The van der Waals surface area contributed by atoms with E-state index in [4.69, 9.17) is 4.74 Å². The molecule has 0 radical (unpaired) electrons. The van der Waals surface area contributed by atoms with Crippen molar-refractivity contribution >= 4 is 17.5 Å². The molecule has 0 unspecified atom stereocenters. The second kappa shape index (κ2) is 8.86. The molecule has 2 N–H and O–H groups in total. The molecule has 8 heteroatoms. The van der Waals surface area contributed by atoms with Gasteiger partial charge in [-0.25, -0.2) is 9.97 Å². The van der Waals surface area contributed by atoms with E-state index in [2.05, 4.69) is 25.5 Å². The molecule has 154 valence electrons. The van der Waals surface area contributed by atoms with Gasteiger partial charge < -0.3 is 10.1 Å². The zero-order valence-corrected chi connectivity index (χ0v) is 16.7. The summed E-state index contributed by atoms with van der Waals surface area (Å²) in [5.41, 5.74) is 2.47. The van der Waals surface area contributed by atoms with Crippen molar-refractivity contribution in [3.8, 4) is 17.1 Å². The van der Waals surface area contributed by atoms with Gasteiger partial charge in [0.25, 0.3) is 0 Å². The van der Waals surface area contributed by atoms with Crippen LogP contribution in [0.5, 0.6) is 5.88 Å². The summed E-state index contributed by atoms with van der Waals surface area (Å²) in [6.45, 7) is 0. The Labute approximate surface area is 174 Å². The number of anilines is 1. The molecule has 1 fully saturated rings. The maximum absolute atomic E-state index is 13.2. The largest absolute Gasteiger partial charge is 0.481 e. The molecule has 1 aliphatic rings. The SMILES string of the molecule is COc1cc(NC(=O)[C@@H]2CCCC[C@H]2C(=O)c2ccc(-c3ccn[nH]3)cc2)ncn1. The molecule has 2 heterocycles. The van der Waals surface area contributed by atoms with Gasteiger partial charge in [-0.15, -0.1) is 0 Å². The predicted molar refractivity (Wildman–Crippen MR) is 111 cm³/mol. The number of rotatable bonds is 6. The van der Waals surface area contributed by atoms with Crippen molar-refractivity contribution in [1.82, 2.24) is 20.2 Å². The topological polar surface area (TPSA) is 110 Å². The second-order valence-corrected chi connectivity index (χ2v) is 7.34. The van der Waals surface area contributed by atoms with Crippen molar-refractivity contribution in [3.05, 3.63) is 54.5 Å². The van der Waals surface area contributed by atoms with E-state index in [1.54, 1.807) is 12.3 Å². The van der Waals surface area contributed by atoms with E-state index in [0.717, 1.165) is 24.1 Å². The Morgan fingerprint density at radius 1 is 1.07 bits per heavy atom. The molecule has 0 bridgehead atoms. The van der Waals surface area contributed by atoms with E-state index in [-0.39, 0.29) is 23.5 Å². The van der Waals surface area contributed by atoms with Crippen molar-refractivity contribution < 1.29 is 14.3 Å². The summed E-state index contributed by atoms with van der Waals surface area (Å²) in [5, 5.41) is 9.68. The number of benzene rings is 1. The molecule has 2 atom stereocenters. The fourth-order valence-corrected chi connectivity index (χ4v) is 3.94. The highest BCUT2D eigenvalue weighted by molar-refractivity contribution is 6.02. The number of ether oxygens (including phenoxy) is 1. The summed E-state index contributed by atoms with van der Waals surface area (Å²) in [4.78, 5) is 34.2. The maximum Gasteiger partial charge on any atom is 0.229 e. The van der Waals surface area contributed by atoms with Crippen molar-refractivity contribution in [2.75, 3.05) is 12.4 Å². The first-order chi connectivity index (χ1) is 14.7. The van der Waals surface area contributed by atoms with Gasteiger partial charge in [0.1, 0.15) is 12.1 Å². The van der Waals surface area contributed by atoms with Crippen LogP contribution in [-0.2, 0) is 4.79 Å². The van der Waals surface area contributed by atoms with Crippen molar-refractivity contribution in [3.63, 3.8) is 0 Å². The first-order valence-electron chi connectivity index (χ1n) is 9.96. The van der Waals surface area contributed by atoms with Crippen LogP contribution in [0, 0.1) is 11.8 Å². The molecular weight excluding hydrogens is 382 g/mol. The third-order valence-electron chi connectivity index (χ3n) is 5.52. The number of nitrogens with one attached hydrogen (secondary N) is 2. The summed E-state index contributed by atoms with van der Waals surface area (Å²) in [7, 11) is 1.50. The van der Waals surface area contributed by atoms with Crippen LogP contribution in [0.3, 0.4) is 0 Å². The van der Waals surface area contributed by atoms with Gasteiger partial charge in [-0.3, -0.25) is 14.7 Å². The van der Waals surface area contributed by atoms with Gasteiger partial charge in [0.2, 0.25) is 11.8 Å². The molecule has 2 aromatic heterocycles. The fraction of sp³-hybridized carbons (Fsp3) is 0.318. The Balaban J connectivity index is 1.49. The van der Waals surface area contributed by atoms with Gasteiger partial charge >= 0.3 is 0 Å². The Morgan fingerprint density at radius 2 is 1.83 bits per heavy atom. The lowest BCUT2D eigenvalue weighted by molar-refractivity contribution is -0.122. The number of H-pyrrole nitrogens is 1. The minimum absolute atomic E-state index is 0.00581. The normalized spacial score (nSPS) is 18.6. The zero-order valence-electron chi connectivity index (χ0n) is 16.7. The number of ketones is 1. The number of hydrogen-bond acceptors (Lipinski definition) is 6. The third kappa shape index (κ3) is 4.22. The molecule has 3 aromatic rings. The lowest BCUT2D eigenvalue weighted by Gasteiger charge is -2.29. The molecule has 30 heavy (non-hydrogen) atoms. The van der Waals surface area contributed by atoms with Crippen LogP contribution < -0.4 is 10.1 Å². The van der Waals surface area contributed by atoms with E-state index in [1.165, 1.54) is 13.4 Å². The van der Waals surface area contributed by atoms with Crippen LogP contribution in [0.1, 0.15) is 36.0 Å². The molecule has 4 rings (SSSR count). The highest BCUT2D eigenvalue weighted by atomic mass is 16.5. The van der Waals surface area contributed by atoms with Crippen LogP contribution in [0.2, 0.25) is 0 Å². The van der Waals surface area contributed by atoms with E-state index >= 15 is 0 Å². The standard InChI is InChI=1S/C22H23N5O3/c1-30-20-12-19(23-13-24-20)26-22(29)17-5-3-2-4-16(17)21(28)15-8-6-14(7-9-15)18-10-11-25-27-18/h6-13,16-17H,2-5H2,1H3,(H,25,27)(H,23,24,26,29)/t16-,17-/m1/s1. The monoisotopic (exact) mass is 405 g/mol. The molecule has 0 aliphatic heterocycles. The lowest BCUT2D eigenvalue weighted by atomic mass is 9.75. The number of carbonyl (C=O) groups excluding carboxylic acids is 2. The average molecular weight is 405 g/mol. The number of Topliss-reactive ketones (excluding diaryl/α,β-unsaturated/α-hetero) is 1. The number of aromatic nitrogens is 4. The Bertz CT molecular complexity index is 1020. The highest BCUT2D eigenvalue weighted by Gasteiger charge is 2.36. The highest BCUT2D eigenvalue weighted by Crippen LogP contribution is 2.34. The number of aromatic amines is 1. The minimum Gasteiger partial charge on any atom is -0.481 e. The third-order valence-corrected chi connectivity index (χ3v) is 5.52. The number of nitrogens with zero attached hydrogens (tertiary/aromatic N) is 3. The summed E-state index contributed by atoms with van der Waals surface area (Å²) >= 11 is 0. The van der Waals surface area contributed by atoms with Gasteiger partial charge in [0.05, 0.1) is 12.8 Å². The van der Waals surface area contributed by atoms with Gasteiger partial charge in [0.15, 0.2) is 5.78 Å². The Hall–Kier alpha value is -3.55. The molecule has 1 saturated carbocycles. The molecule has 0 spiro atoms. The summed E-state index contributed by atoms with van der Waals surface area (Å²) < 4.78 is 5.07. The molecule has 8 nitrogen and oxygen atoms in total. The van der Waals surface area contributed by atoms with Crippen LogP contribution in [0.15, 0.2) is 48.9 Å². The number of hydrogen-bond donors (Lipinski definition) is 2. The van der Waals surface area contributed by atoms with E-state index in [1.807, 2.05) is 30.3 Å². The summed E-state index contributed by atoms with van der Waals surface area (Å²) in [6, 6.07) is 10.9. The number of methoxy groups -OCH3 is 1. The smallest absolute Gasteiger partial charge is 0.229 e. The number of carbonyl (C=O) groups is 2. The van der Waals surface area contributed by atoms with Crippen molar-refractivity contribution in [2.24, 2.45) is 11.8 Å². The molecule has 0 saturated heterocycles. The predicted octanol–water partition coefficient (Wildman–Crippen LogP) is 3.50. The molecule has 1 amide bonds. The Morgan fingerprint density at radius 3 is 2.53 bits per heavy atom. The van der Waals surface area contributed by atoms with Gasteiger partial charge in [-0.2, -0.15) is 5.10 Å². The van der Waals surface area contributed by atoms with E-state index in [0.29, 0.717) is 30.1 Å². The van der Waals surface area contributed by atoms with Crippen molar-refractivity contribution in [1.29, 1.82) is 0 Å². The number of amides is 1. The van der Waals surface area contributed by atoms with Crippen LogP contribution in [0.4, 0.5) is 5.82 Å². The first-order valence-corrected chi connectivity index (χ1v) is 9.96. The van der Waals surface area contributed by atoms with Crippen molar-refractivity contribution in [2.45, 2.75) is 25.7 Å². The van der Waals surface area contributed by atoms with Gasteiger partial charge in [-0.1, -0.05) is 37.1 Å². The second-order valence-electron chi connectivity index (χ2n) is 7.34. The van der Waals surface area contributed by atoms with Gasteiger partial charge in [0, 0.05) is 29.7 Å². The maximum atomic E-state index is 13.2. The Kier molecular flexibility index (Phi) is 5.83. The van der Waals surface area contributed by atoms with Crippen LogP contribution in [-0.4, -0.2) is 39.0 Å². The van der Waals surface area contributed by atoms with Crippen LogP contribution >= 0.6 is 0 Å². The minimum atomic E-state index is -0.389. The fourth-order valence-electron chi connectivity index (χ4n) is 3.94. The van der Waals surface area contributed by atoms with Crippen LogP contribution in [0.25, 0.3) is 11.3 Å².